The van der Waals surface area contributed by atoms with E-state index in [1.807, 2.05) is 0 Å². The van der Waals surface area contributed by atoms with E-state index in [0.29, 0.717) is 16.9 Å². The molecule has 1 aromatic carbocycles. The third-order valence-corrected chi connectivity index (χ3v) is 8.26. The van der Waals surface area contributed by atoms with Gasteiger partial charge in [0.25, 0.3) is 5.91 Å². The highest BCUT2D eigenvalue weighted by atomic mass is 32.1. The van der Waals surface area contributed by atoms with E-state index in [-0.39, 0.29) is 24.0 Å². The summed E-state index contributed by atoms with van der Waals surface area (Å²) in [5.41, 5.74) is 2.07. The minimum Gasteiger partial charge on any atom is -0.447 e. The largest absolute Gasteiger partial charge is 0.447 e. The van der Waals surface area contributed by atoms with Crippen molar-refractivity contribution in [3.05, 3.63) is 53.2 Å². The smallest absolute Gasteiger partial charge is 0.260 e. The van der Waals surface area contributed by atoms with Gasteiger partial charge in [0.15, 0.2) is 10.7 Å². The van der Waals surface area contributed by atoms with E-state index in [4.69, 9.17) is 21.4 Å². The molecule has 4 aliphatic rings. The number of amides is 1. The van der Waals surface area contributed by atoms with Crippen molar-refractivity contribution in [2.45, 2.75) is 63.1 Å². The molecule has 1 atom stereocenters. The summed E-state index contributed by atoms with van der Waals surface area (Å²) in [4.78, 5) is 20.1. The zero-order chi connectivity index (χ0) is 22.6. The maximum absolute atomic E-state index is 14.3. The number of thiocarbonyl (C=S) groups is 1. The van der Waals surface area contributed by atoms with Crippen molar-refractivity contribution in [3.63, 3.8) is 0 Å². The monoisotopic (exact) mass is 461 g/mol. The highest BCUT2D eigenvalue weighted by molar-refractivity contribution is 7.80. The maximum atomic E-state index is 14.3. The molecule has 6 nitrogen and oxygen atoms in total. The lowest BCUT2D eigenvalue weighted by atomic mass is 9.61. The van der Waals surface area contributed by atoms with Crippen LogP contribution in [-0.2, 0) is 28.0 Å². The number of hydrogen-bond donors (Lipinski definition) is 1. The normalized spacial score (nSPS) is 30.5. The van der Waals surface area contributed by atoms with Crippen LogP contribution in [-0.4, -0.2) is 34.1 Å². The molecule has 1 unspecified atom stereocenters. The molecule has 170 valence electrons. The second-order valence-corrected chi connectivity index (χ2v) is 10.2. The van der Waals surface area contributed by atoms with Crippen LogP contribution >= 0.6 is 12.2 Å². The minimum absolute atomic E-state index is 0.00683. The molecule has 1 aromatic heterocycles. The average molecular weight is 462 g/mol. The van der Waals surface area contributed by atoms with Crippen LogP contribution in [0.2, 0.25) is 0 Å². The molecular formula is C26H27N3O3S. The van der Waals surface area contributed by atoms with E-state index in [1.54, 1.807) is 18.2 Å². The Morgan fingerprint density at radius 2 is 2.12 bits per heavy atom. The van der Waals surface area contributed by atoms with Crippen molar-refractivity contribution in [1.82, 2.24) is 15.2 Å². The lowest BCUT2D eigenvalue weighted by molar-refractivity contribution is -0.139. The van der Waals surface area contributed by atoms with Gasteiger partial charge in [-0.3, -0.25) is 9.69 Å². The highest BCUT2D eigenvalue weighted by Crippen LogP contribution is 2.60. The number of oxazole rings is 1. The maximum Gasteiger partial charge on any atom is 0.260 e. The van der Waals surface area contributed by atoms with Crippen molar-refractivity contribution >= 4 is 23.2 Å². The number of carbonyl (C=O) groups is 1. The Bertz CT molecular complexity index is 1170. The second kappa shape index (κ2) is 7.68. The van der Waals surface area contributed by atoms with Crippen LogP contribution in [0.4, 0.5) is 0 Å². The number of aromatic nitrogens is 1. The summed E-state index contributed by atoms with van der Waals surface area (Å²) in [6.45, 7) is 0.229. The van der Waals surface area contributed by atoms with E-state index >= 15 is 0 Å². The molecule has 1 saturated heterocycles. The standard InChI is InChI=1S/C26H27N3O3S/c1-31-20-8-10-25(11-9-20)15-19-7-6-18(5-4-17-2-3-17)14-21(19)26(25)23(30)29(24(33)28-26)16-22-27-12-13-32-22/h6-7,12-14,17,20H,2-3,8-11,15-16H2,1H3,(H,28,33). The van der Waals surface area contributed by atoms with Gasteiger partial charge in [0.05, 0.1) is 12.3 Å². The molecule has 0 radical (unpaired) electrons. The SMILES string of the molecule is COC1CCC2(CC1)Cc1ccc(C#CC3CC3)cc1C21NC(=S)N(Cc2ncco2)C1=O. The number of nitrogens with one attached hydrogen (secondary N) is 1. The van der Waals surface area contributed by atoms with Crippen LogP contribution in [0, 0.1) is 23.2 Å². The fraction of sp³-hybridized carbons (Fsp3) is 0.500. The number of hydrogen-bond acceptors (Lipinski definition) is 5. The fourth-order valence-corrected chi connectivity index (χ4v) is 6.31. The van der Waals surface area contributed by atoms with Crippen LogP contribution in [0.25, 0.3) is 0 Å². The van der Waals surface area contributed by atoms with Gasteiger partial charge in [-0.25, -0.2) is 4.98 Å². The van der Waals surface area contributed by atoms with Gasteiger partial charge in [0, 0.05) is 24.0 Å². The van der Waals surface area contributed by atoms with Gasteiger partial charge in [-0.05, 0) is 80.4 Å². The Balaban J connectivity index is 1.44. The Labute approximate surface area is 199 Å². The predicted octanol–water partition coefficient (Wildman–Crippen LogP) is 3.68. The Morgan fingerprint density at radius 1 is 1.30 bits per heavy atom. The lowest BCUT2D eigenvalue weighted by Gasteiger charge is -2.46. The van der Waals surface area contributed by atoms with Gasteiger partial charge in [-0.2, -0.15) is 0 Å². The topological polar surface area (TPSA) is 67.6 Å². The van der Waals surface area contributed by atoms with Gasteiger partial charge in [0.1, 0.15) is 12.8 Å². The van der Waals surface area contributed by atoms with E-state index in [2.05, 4.69) is 40.3 Å². The molecule has 2 spiro atoms. The highest BCUT2D eigenvalue weighted by Gasteiger charge is 2.67. The summed E-state index contributed by atoms with van der Waals surface area (Å²) in [6, 6.07) is 6.40. The number of ether oxygens (including phenoxy) is 1. The van der Waals surface area contributed by atoms with Gasteiger partial charge in [0.2, 0.25) is 5.89 Å². The van der Waals surface area contributed by atoms with Gasteiger partial charge in [-0.15, -0.1) is 0 Å². The number of benzene rings is 1. The van der Waals surface area contributed by atoms with Crippen molar-refractivity contribution in [1.29, 1.82) is 0 Å². The summed E-state index contributed by atoms with van der Waals surface area (Å²) >= 11 is 5.73. The van der Waals surface area contributed by atoms with Crippen LogP contribution in [0.5, 0.6) is 0 Å². The Hall–Kier alpha value is -2.69. The molecule has 33 heavy (non-hydrogen) atoms. The van der Waals surface area contributed by atoms with Gasteiger partial charge >= 0.3 is 0 Å². The fourth-order valence-electron chi connectivity index (χ4n) is 6.01. The van der Waals surface area contributed by atoms with Gasteiger partial charge in [-0.1, -0.05) is 17.9 Å². The molecule has 1 amide bonds. The first-order chi connectivity index (χ1) is 16.0. The summed E-state index contributed by atoms with van der Waals surface area (Å²) in [7, 11) is 1.78. The molecule has 3 aliphatic carbocycles. The molecule has 0 bridgehead atoms. The van der Waals surface area contributed by atoms with Crippen LogP contribution < -0.4 is 5.32 Å². The quantitative estimate of drug-likeness (QED) is 0.556. The molecule has 1 aliphatic heterocycles. The lowest BCUT2D eigenvalue weighted by Crippen LogP contribution is -2.56. The molecule has 7 heteroatoms. The van der Waals surface area contributed by atoms with Gasteiger partial charge < -0.3 is 14.5 Å². The number of methoxy groups -OCH3 is 1. The molecule has 6 rings (SSSR count). The Kier molecular flexibility index (Phi) is 4.86. The van der Waals surface area contributed by atoms with E-state index < -0.39 is 5.54 Å². The summed E-state index contributed by atoms with van der Waals surface area (Å²) in [6.07, 6.45) is 10.2. The first-order valence-corrected chi connectivity index (χ1v) is 12.2. The van der Waals surface area contributed by atoms with E-state index in [9.17, 15) is 4.79 Å². The molecule has 2 aromatic rings. The average Bonchev–Trinajstić information content (AvgIpc) is 3.36. The van der Waals surface area contributed by atoms with Crippen molar-refractivity contribution < 1.29 is 13.9 Å². The molecular weight excluding hydrogens is 434 g/mol. The number of rotatable bonds is 3. The Morgan fingerprint density at radius 3 is 2.82 bits per heavy atom. The van der Waals surface area contributed by atoms with Crippen LogP contribution in [0.15, 0.2) is 35.1 Å². The predicted molar refractivity (Wildman–Crippen MR) is 126 cm³/mol. The summed E-state index contributed by atoms with van der Waals surface area (Å²) in [5, 5.41) is 3.98. The molecule has 3 fully saturated rings. The molecule has 1 N–H and O–H groups in total. The molecule has 2 saturated carbocycles. The number of nitrogens with zero attached hydrogens (tertiary/aromatic N) is 2. The first kappa shape index (κ1) is 20.9. The van der Waals surface area contributed by atoms with E-state index in [1.165, 1.54) is 24.7 Å². The first-order valence-electron chi connectivity index (χ1n) is 11.7. The zero-order valence-electron chi connectivity index (χ0n) is 18.7. The number of fused-ring (bicyclic) bond motifs is 3. The third kappa shape index (κ3) is 3.23. The van der Waals surface area contributed by atoms with Crippen LogP contribution in [0.1, 0.15) is 61.1 Å². The van der Waals surface area contributed by atoms with Crippen molar-refractivity contribution in [2.75, 3.05) is 7.11 Å². The minimum atomic E-state index is -0.887. The number of carbonyl (C=O) groups excluding carboxylic acids is 1. The zero-order valence-corrected chi connectivity index (χ0v) is 19.5. The second-order valence-electron chi connectivity index (χ2n) is 9.80. The van der Waals surface area contributed by atoms with Crippen molar-refractivity contribution in [3.8, 4) is 11.8 Å². The third-order valence-electron chi connectivity index (χ3n) is 7.94. The van der Waals surface area contributed by atoms with Crippen LogP contribution in [0.3, 0.4) is 0 Å². The van der Waals surface area contributed by atoms with E-state index in [0.717, 1.165) is 43.2 Å². The van der Waals surface area contributed by atoms with Crippen molar-refractivity contribution in [2.24, 2.45) is 11.3 Å². The summed E-state index contributed by atoms with van der Waals surface area (Å²) < 4.78 is 11.1. The summed E-state index contributed by atoms with van der Waals surface area (Å²) in [5.74, 6) is 7.70. The molecule has 2 heterocycles.